The molecule has 0 bridgehead atoms. The van der Waals surface area contributed by atoms with Gasteiger partial charge in [-0.25, -0.2) is 0 Å². The van der Waals surface area contributed by atoms with E-state index in [2.05, 4.69) is 4.90 Å². The van der Waals surface area contributed by atoms with E-state index >= 15 is 0 Å². The zero-order valence-corrected chi connectivity index (χ0v) is 13.8. The van der Waals surface area contributed by atoms with Crippen LogP contribution in [-0.4, -0.2) is 49.0 Å². The first-order valence-electron chi connectivity index (χ1n) is 7.15. The Labute approximate surface area is 133 Å². The summed E-state index contributed by atoms with van der Waals surface area (Å²) < 4.78 is 5.26. The predicted octanol–water partition coefficient (Wildman–Crippen LogP) is 2.03. The molecule has 21 heavy (non-hydrogen) atoms. The van der Waals surface area contributed by atoms with Crippen molar-refractivity contribution in [3.8, 4) is 5.75 Å². The van der Waals surface area contributed by atoms with Crippen molar-refractivity contribution in [3.63, 3.8) is 0 Å². The third-order valence-corrected chi connectivity index (χ3v) is 4.25. The summed E-state index contributed by atoms with van der Waals surface area (Å²) in [5.74, 6) is 0.777. The highest BCUT2D eigenvalue weighted by Gasteiger charge is 2.43. The van der Waals surface area contributed by atoms with Gasteiger partial charge in [0.25, 0.3) is 0 Å². The van der Waals surface area contributed by atoms with Crippen LogP contribution in [0.3, 0.4) is 0 Å². The van der Waals surface area contributed by atoms with Gasteiger partial charge in [-0.2, -0.15) is 0 Å². The fourth-order valence-electron chi connectivity index (χ4n) is 3.17. The maximum Gasteiger partial charge on any atom is 0.119 e. The second-order valence-corrected chi connectivity index (χ2v) is 6.04. The molecule has 1 aliphatic carbocycles. The van der Waals surface area contributed by atoms with Crippen LogP contribution in [-0.2, 0) is 5.60 Å². The van der Waals surface area contributed by atoms with Gasteiger partial charge in [0.2, 0.25) is 0 Å². The van der Waals surface area contributed by atoms with Crippen molar-refractivity contribution < 1.29 is 14.9 Å². The molecule has 0 aliphatic heterocycles. The maximum absolute atomic E-state index is 11.2. The SMILES string of the molecule is COc1cccc(C2(O)CCC(O)CC2CN(C)C)c1.Cl. The topological polar surface area (TPSA) is 52.9 Å². The molecule has 4 nitrogen and oxygen atoms in total. The second kappa shape index (κ2) is 7.45. The maximum atomic E-state index is 11.2. The molecule has 0 heterocycles. The van der Waals surface area contributed by atoms with Crippen molar-refractivity contribution in [2.45, 2.75) is 31.0 Å². The third-order valence-electron chi connectivity index (χ3n) is 4.25. The van der Waals surface area contributed by atoms with E-state index in [0.717, 1.165) is 17.9 Å². The molecule has 3 unspecified atom stereocenters. The summed E-state index contributed by atoms with van der Waals surface area (Å²) in [5.41, 5.74) is -0.00602. The standard InChI is InChI=1S/C16H25NO3.ClH/c1-17(2)11-13-9-14(18)7-8-16(13,19)12-5-4-6-15(10-12)20-3;/h4-6,10,13-14,18-19H,7-9,11H2,1-3H3;1H. The van der Waals surface area contributed by atoms with E-state index in [-0.39, 0.29) is 24.4 Å². The van der Waals surface area contributed by atoms with Crippen molar-refractivity contribution in [1.29, 1.82) is 0 Å². The van der Waals surface area contributed by atoms with Gasteiger partial charge >= 0.3 is 0 Å². The number of methoxy groups -OCH3 is 1. The van der Waals surface area contributed by atoms with Crippen molar-refractivity contribution in [2.24, 2.45) is 5.92 Å². The van der Waals surface area contributed by atoms with Gasteiger partial charge in [-0.15, -0.1) is 12.4 Å². The van der Waals surface area contributed by atoms with Crippen molar-refractivity contribution in [1.82, 2.24) is 4.90 Å². The van der Waals surface area contributed by atoms with E-state index in [9.17, 15) is 10.2 Å². The lowest BCUT2D eigenvalue weighted by Crippen LogP contribution is -2.46. The molecule has 1 aromatic rings. The van der Waals surface area contributed by atoms with Crippen LogP contribution in [0.5, 0.6) is 5.75 Å². The molecule has 1 aliphatic rings. The Kier molecular flexibility index (Phi) is 6.47. The lowest BCUT2D eigenvalue weighted by atomic mass is 9.70. The molecule has 0 amide bonds. The number of aliphatic hydroxyl groups is 2. The minimum atomic E-state index is -0.891. The molecule has 2 N–H and O–H groups in total. The van der Waals surface area contributed by atoms with Gasteiger partial charge in [0.1, 0.15) is 5.75 Å². The fraction of sp³-hybridized carbons (Fsp3) is 0.625. The summed E-state index contributed by atoms with van der Waals surface area (Å²) in [6, 6.07) is 7.64. The summed E-state index contributed by atoms with van der Waals surface area (Å²) in [7, 11) is 5.62. The van der Waals surface area contributed by atoms with Gasteiger partial charge < -0.3 is 19.8 Å². The molecule has 5 heteroatoms. The van der Waals surface area contributed by atoms with Crippen LogP contribution in [0.4, 0.5) is 0 Å². The Morgan fingerprint density at radius 2 is 2.10 bits per heavy atom. The first kappa shape index (κ1) is 18.2. The highest BCUT2D eigenvalue weighted by Crippen LogP contribution is 2.42. The molecule has 0 radical (unpaired) electrons. The third kappa shape index (κ3) is 4.10. The molecule has 1 aromatic carbocycles. The molecule has 2 rings (SSSR count). The molecule has 1 saturated carbocycles. The second-order valence-electron chi connectivity index (χ2n) is 6.04. The van der Waals surface area contributed by atoms with E-state index in [1.807, 2.05) is 38.4 Å². The molecule has 120 valence electrons. The summed E-state index contributed by atoms with van der Waals surface area (Å²) in [6.45, 7) is 0.755. The van der Waals surface area contributed by atoms with Gasteiger partial charge in [0.05, 0.1) is 18.8 Å². The first-order valence-corrected chi connectivity index (χ1v) is 7.15. The molecule has 0 spiro atoms. The number of benzene rings is 1. The van der Waals surface area contributed by atoms with E-state index in [0.29, 0.717) is 19.3 Å². The highest BCUT2D eigenvalue weighted by atomic mass is 35.5. The van der Waals surface area contributed by atoms with Crippen LogP contribution < -0.4 is 4.74 Å². The van der Waals surface area contributed by atoms with Crippen LogP contribution in [0.15, 0.2) is 24.3 Å². The van der Waals surface area contributed by atoms with E-state index in [1.54, 1.807) is 7.11 Å². The normalized spacial score (nSPS) is 29.0. The molecule has 0 saturated heterocycles. The van der Waals surface area contributed by atoms with Crippen LogP contribution in [0, 0.1) is 5.92 Å². The number of hydrogen-bond donors (Lipinski definition) is 2. The predicted molar refractivity (Wildman–Crippen MR) is 86.0 cm³/mol. The molecular formula is C16H26ClNO3. The van der Waals surface area contributed by atoms with E-state index in [4.69, 9.17) is 4.74 Å². The minimum absolute atomic E-state index is 0. The minimum Gasteiger partial charge on any atom is -0.497 e. The average molecular weight is 316 g/mol. The Morgan fingerprint density at radius 1 is 1.38 bits per heavy atom. The zero-order valence-electron chi connectivity index (χ0n) is 13.0. The highest BCUT2D eigenvalue weighted by molar-refractivity contribution is 5.85. The van der Waals surface area contributed by atoms with Gasteiger partial charge in [0, 0.05) is 12.5 Å². The van der Waals surface area contributed by atoms with Gasteiger partial charge in [0.15, 0.2) is 0 Å². The van der Waals surface area contributed by atoms with Gasteiger partial charge in [-0.3, -0.25) is 0 Å². The van der Waals surface area contributed by atoms with Crippen molar-refractivity contribution in [3.05, 3.63) is 29.8 Å². The number of rotatable bonds is 4. The molecule has 1 fully saturated rings. The number of nitrogens with zero attached hydrogens (tertiary/aromatic N) is 1. The van der Waals surface area contributed by atoms with E-state index in [1.165, 1.54) is 0 Å². The Balaban J connectivity index is 0.00000220. The molecular weight excluding hydrogens is 290 g/mol. The quantitative estimate of drug-likeness (QED) is 0.892. The Morgan fingerprint density at radius 3 is 2.71 bits per heavy atom. The zero-order chi connectivity index (χ0) is 14.8. The number of aliphatic hydroxyl groups excluding tert-OH is 1. The van der Waals surface area contributed by atoms with Crippen LogP contribution in [0.25, 0.3) is 0 Å². The molecule has 3 atom stereocenters. The van der Waals surface area contributed by atoms with Gasteiger partial charge in [-0.05, 0) is 51.1 Å². The molecule has 0 aromatic heterocycles. The summed E-state index contributed by atoms with van der Waals surface area (Å²) in [5, 5.41) is 21.1. The largest absolute Gasteiger partial charge is 0.497 e. The summed E-state index contributed by atoms with van der Waals surface area (Å²) in [4.78, 5) is 2.06. The summed E-state index contributed by atoms with van der Waals surface area (Å²) in [6.07, 6.45) is 1.54. The van der Waals surface area contributed by atoms with E-state index < -0.39 is 5.60 Å². The number of halogens is 1. The Hall–Kier alpha value is -0.810. The number of hydrogen-bond acceptors (Lipinski definition) is 4. The Bertz CT molecular complexity index is 453. The fourth-order valence-corrected chi connectivity index (χ4v) is 3.17. The van der Waals surface area contributed by atoms with Gasteiger partial charge in [-0.1, -0.05) is 12.1 Å². The monoisotopic (exact) mass is 315 g/mol. The lowest BCUT2D eigenvalue weighted by molar-refractivity contribution is -0.0921. The number of ether oxygens (including phenoxy) is 1. The van der Waals surface area contributed by atoms with Crippen molar-refractivity contribution >= 4 is 12.4 Å². The van der Waals surface area contributed by atoms with Crippen molar-refractivity contribution in [2.75, 3.05) is 27.7 Å². The average Bonchev–Trinajstić information content (AvgIpc) is 2.42. The summed E-state index contributed by atoms with van der Waals surface area (Å²) >= 11 is 0. The smallest absolute Gasteiger partial charge is 0.119 e. The van der Waals surface area contributed by atoms with Crippen LogP contribution in [0.1, 0.15) is 24.8 Å². The lowest BCUT2D eigenvalue weighted by Gasteiger charge is -2.43. The van der Waals surface area contributed by atoms with Crippen LogP contribution >= 0.6 is 12.4 Å². The van der Waals surface area contributed by atoms with Crippen LogP contribution in [0.2, 0.25) is 0 Å². The first-order chi connectivity index (χ1) is 9.45.